The molecule has 0 saturated carbocycles. The third-order valence-electron chi connectivity index (χ3n) is 3.28. The molecule has 0 aliphatic rings. The Labute approximate surface area is 155 Å². The van der Waals surface area contributed by atoms with E-state index in [1.165, 1.54) is 6.33 Å². The van der Waals surface area contributed by atoms with Crippen molar-refractivity contribution in [2.45, 2.75) is 33.7 Å². The lowest BCUT2D eigenvalue weighted by Gasteiger charge is -2.19. The van der Waals surface area contributed by atoms with Gasteiger partial charge in [-0.2, -0.15) is 5.10 Å². The molecule has 8 nitrogen and oxygen atoms in total. The van der Waals surface area contributed by atoms with Gasteiger partial charge in [-0.1, -0.05) is 0 Å². The van der Waals surface area contributed by atoms with E-state index in [0.717, 1.165) is 25.5 Å². The highest BCUT2D eigenvalue weighted by Gasteiger charge is 2.09. The van der Waals surface area contributed by atoms with Crippen LogP contribution in [0, 0.1) is 0 Å². The smallest absolute Gasteiger partial charge is 0.224 e. The van der Waals surface area contributed by atoms with E-state index in [2.05, 4.69) is 25.7 Å². The van der Waals surface area contributed by atoms with Gasteiger partial charge in [0.2, 0.25) is 5.91 Å². The van der Waals surface area contributed by atoms with Gasteiger partial charge in [-0.05, 0) is 20.8 Å². The predicted octanol–water partition coefficient (Wildman–Crippen LogP) is 0.747. The van der Waals surface area contributed by atoms with Crippen molar-refractivity contribution in [2.24, 2.45) is 12.0 Å². The number of nitrogens with zero attached hydrogens (tertiary/aromatic N) is 5. The summed E-state index contributed by atoms with van der Waals surface area (Å²) in [6.07, 6.45) is 1.96. The van der Waals surface area contributed by atoms with E-state index in [-0.39, 0.29) is 29.9 Å². The number of carbonyl (C=O) groups is 1. The van der Waals surface area contributed by atoms with Crippen LogP contribution in [0.4, 0.5) is 0 Å². The van der Waals surface area contributed by atoms with Gasteiger partial charge in [-0.25, -0.2) is 9.98 Å². The number of aromatic nitrogens is 3. The SMILES string of the molecule is CCNC(=NCc1ncnn1C)NCCC(=O)N(CC)CC.I. The molecule has 1 aromatic rings. The van der Waals surface area contributed by atoms with Gasteiger partial charge in [0.1, 0.15) is 18.7 Å². The summed E-state index contributed by atoms with van der Waals surface area (Å²) in [7, 11) is 1.83. The van der Waals surface area contributed by atoms with Crippen molar-refractivity contribution in [1.82, 2.24) is 30.3 Å². The lowest BCUT2D eigenvalue weighted by molar-refractivity contribution is -0.130. The quantitative estimate of drug-likeness (QED) is 0.356. The molecule has 1 aromatic heterocycles. The zero-order valence-corrected chi connectivity index (χ0v) is 16.7. The topological polar surface area (TPSA) is 87.4 Å². The normalized spacial score (nSPS) is 10.9. The molecule has 0 spiro atoms. The molecule has 1 amide bonds. The van der Waals surface area contributed by atoms with Crippen LogP contribution in [-0.2, 0) is 18.4 Å². The summed E-state index contributed by atoms with van der Waals surface area (Å²) in [6, 6.07) is 0. The Kier molecular flexibility index (Phi) is 11.4. The van der Waals surface area contributed by atoms with Crippen LogP contribution in [0.2, 0.25) is 0 Å². The second kappa shape index (κ2) is 12.1. The summed E-state index contributed by atoms with van der Waals surface area (Å²) in [5, 5.41) is 10.3. The van der Waals surface area contributed by atoms with Crippen LogP contribution in [0.3, 0.4) is 0 Å². The molecule has 0 saturated heterocycles. The van der Waals surface area contributed by atoms with E-state index in [9.17, 15) is 4.79 Å². The average Bonchev–Trinajstić information content (AvgIpc) is 2.91. The molecule has 0 bridgehead atoms. The van der Waals surface area contributed by atoms with Gasteiger partial charge in [-0.3, -0.25) is 9.48 Å². The summed E-state index contributed by atoms with van der Waals surface area (Å²) >= 11 is 0. The monoisotopic (exact) mass is 437 g/mol. The number of hydrogen-bond acceptors (Lipinski definition) is 4. The maximum absolute atomic E-state index is 11.9. The van der Waals surface area contributed by atoms with Crippen LogP contribution in [0.5, 0.6) is 0 Å². The lowest BCUT2D eigenvalue weighted by Crippen LogP contribution is -2.40. The van der Waals surface area contributed by atoms with Gasteiger partial charge < -0.3 is 15.5 Å². The van der Waals surface area contributed by atoms with Gasteiger partial charge in [0.05, 0.1) is 0 Å². The number of amides is 1. The van der Waals surface area contributed by atoms with Crippen LogP contribution in [-0.4, -0.2) is 57.7 Å². The molecule has 0 unspecified atom stereocenters. The molecule has 9 heteroatoms. The molecular formula is C14H28IN7O. The van der Waals surface area contributed by atoms with Crippen molar-refractivity contribution in [3.63, 3.8) is 0 Å². The van der Waals surface area contributed by atoms with Gasteiger partial charge in [0.15, 0.2) is 5.96 Å². The zero-order chi connectivity index (χ0) is 16.4. The minimum atomic E-state index is 0. The maximum Gasteiger partial charge on any atom is 0.224 e. The highest BCUT2D eigenvalue weighted by Crippen LogP contribution is 1.95. The van der Waals surface area contributed by atoms with Crippen molar-refractivity contribution < 1.29 is 4.79 Å². The van der Waals surface area contributed by atoms with Gasteiger partial charge in [0.25, 0.3) is 0 Å². The minimum absolute atomic E-state index is 0. The Balaban J connectivity index is 0.00000484. The predicted molar refractivity (Wildman–Crippen MR) is 102 cm³/mol. The van der Waals surface area contributed by atoms with E-state index < -0.39 is 0 Å². The highest BCUT2D eigenvalue weighted by atomic mass is 127. The van der Waals surface area contributed by atoms with Crippen LogP contribution in [0.25, 0.3) is 0 Å². The van der Waals surface area contributed by atoms with Crippen molar-refractivity contribution in [3.05, 3.63) is 12.2 Å². The standard InChI is InChI=1S/C14H27N7O.HI/c1-5-15-14(17-10-12-18-11-19-20(12)4)16-9-8-13(22)21(6-2)7-3;/h11H,5-10H2,1-4H3,(H2,15,16,17);1H. The number of carbonyl (C=O) groups excluding carboxylic acids is 1. The summed E-state index contributed by atoms with van der Waals surface area (Å²) in [4.78, 5) is 22.3. The molecule has 0 radical (unpaired) electrons. The number of guanidine groups is 1. The Morgan fingerprint density at radius 3 is 2.52 bits per heavy atom. The first-order valence-corrected chi connectivity index (χ1v) is 7.75. The molecule has 0 aliphatic heterocycles. The Morgan fingerprint density at radius 2 is 2.00 bits per heavy atom. The fourth-order valence-electron chi connectivity index (χ4n) is 1.98. The molecule has 1 heterocycles. The summed E-state index contributed by atoms with van der Waals surface area (Å²) in [5.41, 5.74) is 0. The largest absolute Gasteiger partial charge is 0.357 e. The van der Waals surface area contributed by atoms with Crippen LogP contribution < -0.4 is 10.6 Å². The first kappa shape index (κ1) is 21.6. The molecular weight excluding hydrogens is 409 g/mol. The van der Waals surface area contributed by atoms with Crippen molar-refractivity contribution >= 4 is 35.8 Å². The van der Waals surface area contributed by atoms with Gasteiger partial charge in [-0.15, -0.1) is 24.0 Å². The van der Waals surface area contributed by atoms with Crippen molar-refractivity contribution in [2.75, 3.05) is 26.2 Å². The average molecular weight is 437 g/mol. The second-order valence-corrected chi connectivity index (χ2v) is 4.74. The maximum atomic E-state index is 11.9. The number of rotatable bonds is 8. The Morgan fingerprint density at radius 1 is 1.30 bits per heavy atom. The van der Waals surface area contributed by atoms with E-state index in [1.54, 1.807) is 4.68 Å². The number of aliphatic imine (C=N–C) groups is 1. The van der Waals surface area contributed by atoms with Crippen molar-refractivity contribution in [1.29, 1.82) is 0 Å². The molecule has 132 valence electrons. The van der Waals surface area contributed by atoms with Crippen LogP contribution >= 0.6 is 24.0 Å². The third-order valence-corrected chi connectivity index (χ3v) is 3.28. The Bertz CT molecular complexity index is 485. The zero-order valence-electron chi connectivity index (χ0n) is 14.4. The second-order valence-electron chi connectivity index (χ2n) is 4.74. The third kappa shape index (κ3) is 7.62. The first-order valence-electron chi connectivity index (χ1n) is 7.75. The molecule has 1 rings (SSSR count). The molecule has 0 fully saturated rings. The molecule has 23 heavy (non-hydrogen) atoms. The molecule has 0 aromatic carbocycles. The fourth-order valence-corrected chi connectivity index (χ4v) is 1.98. The number of hydrogen-bond donors (Lipinski definition) is 2. The summed E-state index contributed by atoms with van der Waals surface area (Å²) < 4.78 is 1.69. The number of nitrogens with one attached hydrogen (secondary N) is 2. The molecule has 2 N–H and O–H groups in total. The fraction of sp³-hybridized carbons (Fsp3) is 0.714. The van der Waals surface area contributed by atoms with E-state index in [4.69, 9.17) is 0 Å². The highest BCUT2D eigenvalue weighted by molar-refractivity contribution is 14.0. The van der Waals surface area contributed by atoms with E-state index >= 15 is 0 Å². The van der Waals surface area contributed by atoms with Crippen molar-refractivity contribution in [3.8, 4) is 0 Å². The molecule has 0 atom stereocenters. The summed E-state index contributed by atoms with van der Waals surface area (Å²) in [5.74, 6) is 1.62. The first-order chi connectivity index (χ1) is 10.6. The van der Waals surface area contributed by atoms with Gasteiger partial charge in [0, 0.05) is 39.6 Å². The minimum Gasteiger partial charge on any atom is -0.357 e. The van der Waals surface area contributed by atoms with E-state index in [1.807, 2.05) is 32.7 Å². The number of aryl methyl sites for hydroxylation is 1. The lowest BCUT2D eigenvalue weighted by atomic mass is 10.3. The van der Waals surface area contributed by atoms with Gasteiger partial charge >= 0.3 is 0 Å². The summed E-state index contributed by atoms with van der Waals surface area (Å²) in [6.45, 7) is 9.22. The Hall–Kier alpha value is -1.39. The number of halogens is 1. The van der Waals surface area contributed by atoms with E-state index in [0.29, 0.717) is 25.5 Å². The van der Waals surface area contributed by atoms with Crippen LogP contribution in [0.1, 0.15) is 33.0 Å². The molecule has 0 aliphatic carbocycles. The van der Waals surface area contributed by atoms with Crippen LogP contribution in [0.15, 0.2) is 11.3 Å².